The number of aromatic nitrogens is 1. The van der Waals surface area contributed by atoms with Crippen LogP contribution in [0.5, 0.6) is 0 Å². The summed E-state index contributed by atoms with van der Waals surface area (Å²) in [6.45, 7) is 15.5. The smallest absolute Gasteiger partial charge is 0.410 e. The van der Waals surface area contributed by atoms with Crippen LogP contribution in [0.25, 0.3) is 0 Å². The molecule has 180 valence electrons. The third-order valence-corrected chi connectivity index (χ3v) is 3.88. The Morgan fingerprint density at radius 3 is 2.44 bits per heavy atom. The van der Waals surface area contributed by atoms with Crippen LogP contribution in [0.3, 0.4) is 0 Å². The highest BCUT2D eigenvalue weighted by Gasteiger charge is 2.22. The number of aliphatic imine (C=N–C) groups is 1. The SMILES string of the molecule is CCNC(=NCC(=O)NC(C)(C)C)NCCCN(Cc1cccnc1)C(=O)OC(C)(C)C. The van der Waals surface area contributed by atoms with E-state index in [1.807, 2.05) is 60.6 Å². The summed E-state index contributed by atoms with van der Waals surface area (Å²) in [6, 6.07) is 3.78. The number of hydrogen-bond acceptors (Lipinski definition) is 5. The third kappa shape index (κ3) is 12.8. The van der Waals surface area contributed by atoms with E-state index in [2.05, 4.69) is 25.9 Å². The monoisotopic (exact) mass is 448 g/mol. The van der Waals surface area contributed by atoms with E-state index in [0.717, 1.165) is 5.56 Å². The van der Waals surface area contributed by atoms with Crippen molar-refractivity contribution >= 4 is 18.0 Å². The Labute approximate surface area is 192 Å². The lowest BCUT2D eigenvalue weighted by molar-refractivity contribution is -0.121. The Bertz CT molecular complexity index is 738. The van der Waals surface area contributed by atoms with Crippen LogP contribution in [0, 0.1) is 0 Å². The second kappa shape index (κ2) is 12.9. The van der Waals surface area contributed by atoms with Crippen LogP contribution < -0.4 is 16.0 Å². The maximum Gasteiger partial charge on any atom is 0.410 e. The van der Waals surface area contributed by atoms with Gasteiger partial charge in [0.1, 0.15) is 12.1 Å². The Hall–Kier alpha value is -2.84. The minimum atomic E-state index is -0.568. The minimum Gasteiger partial charge on any atom is -0.444 e. The van der Waals surface area contributed by atoms with E-state index < -0.39 is 5.60 Å². The summed E-state index contributed by atoms with van der Waals surface area (Å²) in [5.41, 5.74) is 0.0739. The van der Waals surface area contributed by atoms with E-state index in [4.69, 9.17) is 4.74 Å². The molecule has 9 heteroatoms. The molecule has 0 unspecified atom stereocenters. The van der Waals surface area contributed by atoms with Crippen molar-refractivity contribution in [3.63, 3.8) is 0 Å². The van der Waals surface area contributed by atoms with E-state index >= 15 is 0 Å². The maximum absolute atomic E-state index is 12.7. The summed E-state index contributed by atoms with van der Waals surface area (Å²) < 4.78 is 5.56. The molecule has 1 rings (SSSR count). The van der Waals surface area contributed by atoms with Crippen molar-refractivity contribution in [3.8, 4) is 0 Å². The van der Waals surface area contributed by atoms with Crippen molar-refractivity contribution in [1.82, 2.24) is 25.8 Å². The molecule has 9 nitrogen and oxygen atoms in total. The van der Waals surface area contributed by atoms with Gasteiger partial charge in [-0.1, -0.05) is 6.07 Å². The molecule has 0 aliphatic carbocycles. The lowest BCUT2D eigenvalue weighted by atomic mass is 10.1. The number of nitrogens with one attached hydrogen (secondary N) is 3. The van der Waals surface area contributed by atoms with Gasteiger partial charge in [-0.3, -0.25) is 9.78 Å². The quantitative estimate of drug-likeness (QED) is 0.305. The summed E-state index contributed by atoms with van der Waals surface area (Å²) in [6.07, 6.45) is 3.77. The molecule has 3 N–H and O–H groups in total. The number of carbonyl (C=O) groups is 2. The van der Waals surface area contributed by atoms with Crippen LogP contribution >= 0.6 is 0 Å². The van der Waals surface area contributed by atoms with Crippen molar-refractivity contribution < 1.29 is 14.3 Å². The second-order valence-electron chi connectivity index (χ2n) is 9.54. The fraction of sp³-hybridized carbons (Fsp3) is 0.652. The summed E-state index contributed by atoms with van der Waals surface area (Å²) in [5.74, 6) is 0.426. The van der Waals surface area contributed by atoms with Gasteiger partial charge in [0.25, 0.3) is 0 Å². The van der Waals surface area contributed by atoms with Crippen molar-refractivity contribution in [2.24, 2.45) is 4.99 Å². The zero-order valence-electron chi connectivity index (χ0n) is 20.6. The normalized spacial score (nSPS) is 12.2. The van der Waals surface area contributed by atoms with Gasteiger partial charge in [-0.15, -0.1) is 0 Å². The first-order chi connectivity index (χ1) is 14.9. The van der Waals surface area contributed by atoms with Crippen LogP contribution in [-0.4, -0.2) is 65.2 Å². The standard InChI is InChI=1S/C23H40N6O3/c1-8-25-20(27-16-19(30)28-22(2,3)4)26-13-10-14-29(21(31)32-23(5,6)7)17-18-11-9-12-24-15-18/h9,11-12,15H,8,10,13-14,16-17H2,1-7H3,(H,28,30)(H2,25,26,27). The zero-order chi connectivity index (χ0) is 24.2. The molecule has 0 aromatic carbocycles. The molecule has 0 bridgehead atoms. The Morgan fingerprint density at radius 2 is 1.88 bits per heavy atom. The highest BCUT2D eigenvalue weighted by atomic mass is 16.6. The average molecular weight is 449 g/mol. The summed E-state index contributed by atoms with van der Waals surface area (Å²) >= 11 is 0. The second-order valence-corrected chi connectivity index (χ2v) is 9.54. The van der Waals surface area contributed by atoms with E-state index in [9.17, 15) is 9.59 Å². The summed E-state index contributed by atoms with van der Waals surface area (Å²) in [7, 11) is 0. The molecule has 1 aromatic heterocycles. The van der Waals surface area contributed by atoms with Crippen LogP contribution in [0.4, 0.5) is 4.79 Å². The molecule has 0 saturated carbocycles. The molecule has 0 aliphatic heterocycles. The van der Waals surface area contributed by atoms with Crippen LogP contribution in [0.2, 0.25) is 0 Å². The van der Waals surface area contributed by atoms with Crippen molar-refractivity contribution in [2.75, 3.05) is 26.2 Å². The van der Waals surface area contributed by atoms with Gasteiger partial charge in [0.05, 0.1) is 6.54 Å². The Balaban J connectivity index is 2.64. The van der Waals surface area contributed by atoms with Gasteiger partial charge < -0.3 is 25.6 Å². The van der Waals surface area contributed by atoms with Crippen LogP contribution in [-0.2, 0) is 16.1 Å². The van der Waals surface area contributed by atoms with Crippen molar-refractivity contribution in [1.29, 1.82) is 0 Å². The average Bonchev–Trinajstić information content (AvgIpc) is 2.66. The number of ether oxygens (including phenoxy) is 1. The lowest BCUT2D eigenvalue weighted by Gasteiger charge is -2.27. The van der Waals surface area contributed by atoms with Gasteiger partial charge in [0.15, 0.2) is 5.96 Å². The predicted molar refractivity (Wildman–Crippen MR) is 127 cm³/mol. The van der Waals surface area contributed by atoms with E-state index in [0.29, 0.717) is 38.6 Å². The van der Waals surface area contributed by atoms with Gasteiger partial charge in [-0.05, 0) is 66.5 Å². The minimum absolute atomic E-state index is 0.0393. The number of guanidine groups is 1. The number of hydrogen-bond donors (Lipinski definition) is 3. The Kier molecular flexibility index (Phi) is 10.9. The van der Waals surface area contributed by atoms with Gasteiger partial charge in [0.2, 0.25) is 5.91 Å². The highest BCUT2D eigenvalue weighted by Crippen LogP contribution is 2.12. The van der Waals surface area contributed by atoms with E-state index in [1.165, 1.54) is 0 Å². The number of amides is 2. The highest BCUT2D eigenvalue weighted by molar-refractivity contribution is 5.85. The molecule has 2 amide bonds. The first-order valence-electron chi connectivity index (χ1n) is 11.1. The molecular weight excluding hydrogens is 408 g/mol. The summed E-state index contributed by atoms with van der Waals surface area (Å²) in [4.78, 5) is 34.8. The van der Waals surface area contributed by atoms with Gasteiger partial charge in [-0.2, -0.15) is 0 Å². The molecule has 0 spiro atoms. The van der Waals surface area contributed by atoms with Crippen LogP contribution in [0.1, 0.15) is 60.5 Å². The number of carbonyl (C=O) groups excluding carboxylic acids is 2. The number of rotatable bonds is 9. The van der Waals surface area contributed by atoms with Crippen molar-refractivity contribution in [2.45, 2.75) is 72.6 Å². The van der Waals surface area contributed by atoms with Gasteiger partial charge >= 0.3 is 6.09 Å². The molecular formula is C23H40N6O3. The predicted octanol–water partition coefficient (Wildman–Crippen LogP) is 2.68. The molecule has 0 radical (unpaired) electrons. The lowest BCUT2D eigenvalue weighted by Crippen LogP contribution is -2.43. The van der Waals surface area contributed by atoms with Crippen molar-refractivity contribution in [3.05, 3.63) is 30.1 Å². The Morgan fingerprint density at radius 1 is 1.16 bits per heavy atom. The van der Waals surface area contributed by atoms with E-state index in [1.54, 1.807) is 17.3 Å². The number of pyridine rings is 1. The molecule has 32 heavy (non-hydrogen) atoms. The molecule has 0 saturated heterocycles. The first-order valence-corrected chi connectivity index (χ1v) is 11.1. The van der Waals surface area contributed by atoms with E-state index in [-0.39, 0.29) is 24.1 Å². The fourth-order valence-electron chi connectivity index (χ4n) is 2.70. The molecule has 1 aromatic rings. The molecule has 0 fully saturated rings. The fourth-order valence-corrected chi connectivity index (χ4v) is 2.70. The van der Waals surface area contributed by atoms with Gasteiger partial charge in [-0.25, -0.2) is 9.79 Å². The molecule has 1 heterocycles. The summed E-state index contributed by atoms with van der Waals surface area (Å²) in [5, 5.41) is 9.23. The van der Waals surface area contributed by atoms with Gasteiger partial charge in [0, 0.05) is 37.6 Å². The zero-order valence-corrected chi connectivity index (χ0v) is 20.6. The molecule has 0 atom stereocenters. The number of nitrogens with zero attached hydrogens (tertiary/aromatic N) is 3. The first kappa shape index (κ1) is 27.2. The topological polar surface area (TPSA) is 108 Å². The molecule has 0 aliphatic rings. The maximum atomic E-state index is 12.7. The third-order valence-electron chi connectivity index (χ3n) is 3.88. The largest absolute Gasteiger partial charge is 0.444 e. The van der Waals surface area contributed by atoms with Crippen LogP contribution in [0.15, 0.2) is 29.5 Å².